The smallest absolute Gasteiger partial charge is 0.462 e. The first-order valence-electron chi connectivity index (χ1n) is 17.0. The predicted molar refractivity (Wildman–Crippen MR) is 170 cm³/mol. The molecule has 1 atom stereocenters. The first-order chi connectivity index (χ1) is 20.3. The summed E-state index contributed by atoms with van der Waals surface area (Å²) in [6.07, 6.45) is 29.4. The average Bonchev–Trinajstić information content (AvgIpc) is 2.95. The van der Waals surface area contributed by atoms with E-state index in [1.54, 1.807) is 0 Å². The van der Waals surface area contributed by atoms with Gasteiger partial charge in [0.1, 0.15) is 6.61 Å². The van der Waals surface area contributed by atoms with Gasteiger partial charge in [-0.15, -0.1) is 0 Å². The number of rotatable bonds is 31. The second-order valence-electron chi connectivity index (χ2n) is 11.5. The molecule has 0 aromatic rings. The number of esters is 2. The van der Waals surface area contributed by atoms with E-state index in [1.165, 1.54) is 83.5 Å². The highest BCUT2D eigenvalue weighted by Crippen LogP contribution is 2.35. The Labute approximate surface area is 257 Å². The van der Waals surface area contributed by atoms with Gasteiger partial charge in [0, 0.05) is 12.8 Å². The van der Waals surface area contributed by atoms with Crippen molar-refractivity contribution < 1.29 is 37.9 Å². The van der Waals surface area contributed by atoms with Crippen molar-refractivity contribution in [2.45, 2.75) is 174 Å². The van der Waals surface area contributed by atoms with Gasteiger partial charge in [0.05, 0.1) is 6.61 Å². The van der Waals surface area contributed by atoms with Crippen LogP contribution in [0.5, 0.6) is 0 Å². The zero-order chi connectivity index (χ0) is 31.2. The van der Waals surface area contributed by atoms with E-state index in [1.807, 2.05) is 0 Å². The molecule has 0 heterocycles. The number of phosphoric acid groups is 1. The summed E-state index contributed by atoms with van der Waals surface area (Å²) in [5, 5.41) is 0. The second-order valence-corrected chi connectivity index (χ2v) is 12.7. The molecule has 8 nitrogen and oxygen atoms in total. The number of ether oxygens (including phenoxy) is 2. The lowest BCUT2D eigenvalue weighted by Crippen LogP contribution is -2.29. The van der Waals surface area contributed by atoms with E-state index < -0.39 is 32.5 Å². The minimum absolute atomic E-state index is 0.205. The van der Waals surface area contributed by atoms with E-state index in [-0.39, 0.29) is 19.4 Å². The van der Waals surface area contributed by atoms with Gasteiger partial charge in [0.25, 0.3) is 0 Å². The molecule has 0 unspecified atom stereocenters. The van der Waals surface area contributed by atoms with Crippen LogP contribution in [-0.2, 0) is 28.2 Å². The van der Waals surface area contributed by atoms with E-state index >= 15 is 0 Å². The molecule has 0 aliphatic rings. The number of hydrogen-bond donors (Lipinski definition) is 2. The Morgan fingerprint density at radius 2 is 1.00 bits per heavy atom. The van der Waals surface area contributed by atoms with Gasteiger partial charge in [-0.1, -0.05) is 129 Å². The first-order valence-corrected chi connectivity index (χ1v) is 18.5. The third-order valence-corrected chi connectivity index (χ3v) is 7.77. The number of carbonyl (C=O) groups excluding carboxylic acids is 2. The van der Waals surface area contributed by atoms with Crippen LogP contribution >= 0.6 is 7.82 Å². The van der Waals surface area contributed by atoms with Crippen LogP contribution in [0.1, 0.15) is 168 Å². The minimum Gasteiger partial charge on any atom is -0.462 e. The van der Waals surface area contributed by atoms with Gasteiger partial charge in [-0.3, -0.25) is 14.1 Å². The summed E-state index contributed by atoms with van der Waals surface area (Å²) in [6.45, 7) is 3.63. The number of carbonyl (C=O) groups is 2. The highest BCUT2D eigenvalue weighted by atomic mass is 31.2. The average molecular weight is 619 g/mol. The van der Waals surface area contributed by atoms with Crippen molar-refractivity contribution in [3.63, 3.8) is 0 Å². The van der Waals surface area contributed by atoms with Crippen LogP contribution in [0.25, 0.3) is 0 Å². The van der Waals surface area contributed by atoms with E-state index in [0.29, 0.717) is 6.42 Å². The number of hydrogen-bond acceptors (Lipinski definition) is 6. The quantitative estimate of drug-likeness (QED) is 0.0341. The zero-order valence-corrected chi connectivity index (χ0v) is 27.8. The molecule has 0 fully saturated rings. The number of phosphoric ester groups is 1. The molecule has 0 aromatic heterocycles. The fraction of sp³-hybridized carbons (Fsp3) is 0.879. The Balaban J connectivity index is 4.00. The van der Waals surface area contributed by atoms with Crippen molar-refractivity contribution in [1.82, 2.24) is 0 Å². The van der Waals surface area contributed by atoms with Gasteiger partial charge in [-0.05, 0) is 38.5 Å². The Morgan fingerprint density at radius 1 is 0.595 bits per heavy atom. The predicted octanol–water partition coefficient (Wildman–Crippen LogP) is 9.51. The van der Waals surface area contributed by atoms with Crippen LogP contribution in [-0.4, -0.2) is 41.0 Å². The van der Waals surface area contributed by atoms with Crippen LogP contribution < -0.4 is 0 Å². The molecule has 0 rings (SSSR count). The topological polar surface area (TPSA) is 119 Å². The highest BCUT2D eigenvalue weighted by molar-refractivity contribution is 7.46. The third kappa shape index (κ3) is 31.7. The van der Waals surface area contributed by atoms with Crippen molar-refractivity contribution >= 4 is 19.8 Å². The Morgan fingerprint density at radius 3 is 1.45 bits per heavy atom. The maximum absolute atomic E-state index is 12.3. The molecule has 0 saturated carbocycles. The molecule has 0 aromatic carbocycles. The number of unbranched alkanes of at least 4 members (excludes halogenated alkanes) is 19. The van der Waals surface area contributed by atoms with Crippen LogP contribution in [0, 0.1) is 0 Å². The highest BCUT2D eigenvalue weighted by Gasteiger charge is 2.22. The molecule has 0 aliphatic carbocycles. The van der Waals surface area contributed by atoms with Gasteiger partial charge >= 0.3 is 19.8 Å². The van der Waals surface area contributed by atoms with Crippen LogP contribution in [0.4, 0.5) is 0 Å². The van der Waals surface area contributed by atoms with Crippen molar-refractivity contribution in [2.24, 2.45) is 0 Å². The normalized spacial score (nSPS) is 12.6. The Hall–Kier alpha value is -1.21. The fourth-order valence-corrected chi connectivity index (χ4v) is 5.08. The fourth-order valence-electron chi connectivity index (χ4n) is 4.72. The van der Waals surface area contributed by atoms with E-state index in [0.717, 1.165) is 51.4 Å². The lowest BCUT2D eigenvalue weighted by Gasteiger charge is -2.18. The summed E-state index contributed by atoms with van der Waals surface area (Å²) >= 11 is 0. The molecule has 2 N–H and O–H groups in total. The zero-order valence-electron chi connectivity index (χ0n) is 26.9. The summed E-state index contributed by atoms with van der Waals surface area (Å²) in [6, 6.07) is 0. The van der Waals surface area contributed by atoms with Gasteiger partial charge in [-0.2, -0.15) is 0 Å². The molecule has 0 bridgehead atoms. The lowest BCUT2D eigenvalue weighted by molar-refractivity contribution is -0.161. The molecule has 0 radical (unpaired) electrons. The Bertz CT molecular complexity index is 706. The van der Waals surface area contributed by atoms with E-state index in [9.17, 15) is 14.2 Å². The first kappa shape index (κ1) is 40.8. The molecule has 9 heteroatoms. The number of allylic oxidation sites excluding steroid dienone is 2. The molecular weight excluding hydrogens is 555 g/mol. The Kier molecular flexibility index (Phi) is 29.0. The summed E-state index contributed by atoms with van der Waals surface area (Å²) in [5.41, 5.74) is 0. The standard InChI is InChI=1S/C33H63O8P/c1-3-5-7-9-11-13-14-15-16-17-18-20-22-24-26-28-33(35)41-31(30-40-42(36,37)38)29-39-32(34)27-25-23-21-19-12-10-8-6-4-2/h15-16,31H,3-14,17-30H2,1-2H3,(H2,36,37,38)/b16-15-/t31-/m1/s1. The van der Waals surface area contributed by atoms with Gasteiger partial charge in [0.15, 0.2) is 6.10 Å². The van der Waals surface area contributed by atoms with Crippen molar-refractivity contribution in [3.8, 4) is 0 Å². The maximum atomic E-state index is 12.3. The second kappa shape index (κ2) is 29.8. The molecular formula is C33H63O8P. The van der Waals surface area contributed by atoms with E-state index in [4.69, 9.17) is 19.3 Å². The largest absolute Gasteiger partial charge is 0.469 e. The van der Waals surface area contributed by atoms with Gasteiger partial charge in [0.2, 0.25) is 0 Å². The van der Waals surface area contributed by atoms with Crippen molar-refractivity contribution in [3.05, 3.63) is 12.2 Å². The summed E-state index contributed by atoms with van der Waals surface area (Å²) in [4.78, 5) is 42.4. The van der Waals surface area contributed by atoms with Crippen molar-refractivity contribution in [2.75, 3.05) is 13.2 Å². The van der Waals surface area contributed by atoms with Crippen LogP contribution in [0.15, 0.2) is 12.2 Å². The summed E-state index contributed by atoms with van der Waals surface area (Å²) < 4.78 is 26.2. The minimum atomic E-state index is -4.74. The third-order valence-electron chi connectivity index (χ3n) is 7.28. The molecule has 42 heavy (non-hydrogen) atoms. The summed E-state index contributed by atoms with van der Waals surface area (Å²) in [5.74, 6) is -0.894. The summed E-state index contributed by atoms with van der Waals surface area (Å²) in [7, 11) is -4.74. The molecule has 248 valence electrons. The molecule has 0 amide bonds. The molecule has 0 spiro atoms. The SMILES string of the molecule is CCCCCCCC/C=C\CCCCCCCC(=O)O[C@H](COC(=O)CCCCCCCCCCC)COP(=O)(O)O. The maximum Gasteiger partial charge on any atom is 0.469 e. The van der Waals surface area contributed by atoms with E-state index in [2.05, 4.69) is 30.5 Å². The molecule has 0 aliphatic heterocycles. The lowest BCUT2D eigenvalue weighted by atomic mass is 10.1. The monoisotopic (exact) mass is 618 g/mol. The van der Waals surface area contributed by atoms with Crippen molar-refractivity contribution in [1.29, 1.82) is 0 Å². The van der Waals surface area contributed by atoms with Crippen LogP contribution in [0.3, 0.4) is 0 Å². The van der Waals surface area contributed by atoms with Crippen LogP contribution in [0.2, 0.25) is 0 Å². The molecule has 0 saturated heterocycles. The van der Waals surface area contributed by atoms with Gasteiger partial charge < -0.3 is 19.3 Å². The van der Waals surface area contributed by atoms with Gasteiger partial charge in [-0.25, -0.2) is 4.57 Å².